The molecule has 0 saturated heterocycles. The molecule has 0 bridgehead atoms. The van der Waals surface area contributed by atoms with Crippen LogP contribution in [0.4, 0.5) is 5.69 Å². The molecule has 92 valence electrons. The third kappa shape index (κ3) is 4.91. The fourth-order valence-electron chi connectivity index (χ4n) is 1.13. The highest BCUT2D eigenvalue weighted by Crippen LogP contribution is 2.22. The number of anilines is 1. The number of carbonyl (C=O) groups is 2. The van der Waals surface area contributed by atoms with Gasteiger partial charge in [0.25, 0.3) is 0 Å². The minimum atomic E-state index is -0.785. The van der Waals surface area contributed by atoms with Crippen LogP contribution in [0.5, 0.6) is 0 Å². The van der Waals surface area contributed by atoms with Crippen molar-refractivity contribution in [1.82, 2.24) is 0 Å². The molecule has 1 rings (SSSR count). The summed E-state index contributed by atoms with van der Waals surface area (Å²) >= 11 is 1.49. The Morgan fingerprint density at radius 3 is 2.41 bits per heavy atom. The number of benzene rings is 1. The molecular weight excluding hydrogens is 238 g/mol. The first-order valence-corrected chi connectivity index (χ1v) is 6.21. The van der Waals surface area contributed by atoms with Gasteiger partial charge in [-0.05, 0) is 24.3 Å². The van der Waals surface area contributed by atoms with Gasteiger partial charge < -0.3 is 10.4 Å². The van der Waals surface area contributed by atoms with Crippen molar-refractivity contribution in [3.63, 3.8) is 0 Å². The number of carbonyl (C=O) groups excluding carboxylic acids is 1. The van der Waals surface area contributed by atoms with Crippen molar-refractivity contribution < 1.29 is 14.7 Å². The maximum absolute atomic E-state index is 10.8. The Labute approximate surface area is 104 Å². The highest BCUT2D eigenvalue weighted by atomic mass is 32.2. The van der Waals surface area contributed by atoms with Crippen molar-refractivity contribution in [3.8, 4) is 0 Å². The molecule has 17 heavy (non-hydrogen) atoms. The Bertz CT molecular complexity index is 403. The van der Waals surface area contributed by atoms with Gasteiger partial charge in [0.05, 0.1) is 5.92 Å². The van der Waals surface area contributed by atoms with Gasteiger partial charge >= 0.3 is 5.97 Å². The summed E-state index contributed by atoms with van der Waals surface area (Å²) < 4.78 is 0. The molecule has 0 saturated carbocycles. The molecule has 0 aliphatic rings. The number of aliphatic carboxylic acids is 1. The fraction of sp³-hybridized carbons (Fsp3) is 0.333. The van der Waals surface area contributed by atoms with E-state index < -0.39 is 5.97 Å². The van der Waals surface area contributed by atoms with Gasteiger partial charge in [0.1, 0.15) is 0 Å². The van der Waals surface area contributed by atoms with Crippen LogP contribution in [0.1, 0.15) is 13.8 Å². The smallest absolute Gasteiger partial charge is 0.307 e. The maximum Gasteiger partial charge on any atom is 0.307 e. The molecule has 1 amide bonds. The summed E-state index contributed by atoms with van der Waals surface area (Å²) in [4.78, 5) is 22.4. The summed E-state index contributed by atoms with van der Waals surface area (Å²) in [6, 6.07) is 7.33. The van der Waals surface area contributed by atoms with E-state index in [2.05, 4.69) is 5.32 Å². The number of amides is 1. The molecular formula is C12H15NO3S. The Balaban J connectivity index is 2.51. The van der Waals surface area contributed by atoms with Gasteiger partial charge in [0.15, 0.2) is 0 Å². The molecule has 2 N–H and O–H groups in total. The first-order valence-electron chi connectivity index (χ1n) is 5.22. The van der Waals surface area contributed by atoms with Crippen LogP contribution in [0.2, 0.25) is 0 Å². The SMILES string of the molecule is CC(=O)Nc1ccc(SCC(C)C(=O)O)cc1. The molecule has 1 atom stereocenters. The normalized spacial score (nSPS) is 11.9. The average molecular weight is 253 g/mol. The average Bonchev–Trinajstić information content (AvgIpc) is 2.26. The lowest BCUT2D eigenvalue weighted by atomic mass is 10.2. The molecule has 1 aromatic rings. The van der Waals surface area contributed by atoms with E-state index in [1.54, 1.807) is 19.1 Å². The fourth-order valence-corrected chi connectivity index (χ4v) is 2.04. The Morgan fingerprint density at radius 1 is 1.35 bits per heavy atom. The van der Waals surface area contributed by atoms with E-state index in [-0.39, 0.29) is 11.8 Å². The summed E-state index contributed by atoms with van der Waals surface area (Å²) in [5.41, 5.74) is 0.744. The van der Waals surface area contributed by atoms with Crippen LogP contribution >= 0.6 is 11.8 Å². The monoisotopic (exact) mass is 253 g/mol. The summed E-state index contributed by atoms with van der Waals surface area (Å²) in [5.74, 6) is -0.721. The van der Waals surface area contributed by atoms with Crippen LogP contribution in [-0.4, -0.2) is 22.7 Å². The van der Waals surface area contributed by atoms with Gasteiger partial charge in [-0.2, -0.15) is 0 Å². The molecule has 0 spiro atoms. The van der Waals surface area contributed by atoms with Crippen molar-refractivity contribution in [3.05, 3.63) is 24.3 Å². The van der Waals surface area contributed by atoms with Gasteiger partial charge in [-0.15, -0.1) is 11.8 Å². The number of carboxylic acid groups (broad SMARTS) is 1. The minimum Gasteiger partial charge on any atom is -0.481 e. The van der Waals surface area contributed by atoms with Gasteiger partial charge in [0.2, 0.25) is 5.91 Å². The maximum atomic E-state index is 10.8. The predicted molar refractivity (Wildman–Crippen MR) is 68.3 cm³/mol. The number of rotatable bonds is 5. The van der Waals surface area contributed by atoms with Gasteiger partial charge in [-0.1, -0.05) is 6.92 Å². The van der Waals surface area contributed by atoms with Crippen LogP contribution in [-0.2, 0) is 9.59 Å². The number of nitrogens with one attached hydrogen (secondary N) is 1. The molecule has 0 heterocycles. The molecule has 0 radical (unpaired) electrons. The molecule has 0 fully saturated rings. The van der Waals surface area contributed by atoms with Crippen molar-refractivity contribution >= 4 is 29.3 Å². The summed E-state index contributed by atoms with van der Waals surface area (Å²) in [7, 11) is 0. The van der Waals surface area contributed by atoms with Crippen LogP contribution in [0.15, 0.2) is 29.2 Å². The second-order valence-corrected chi connectivity index (χ2v) is 4.85. The van der Waals surface area contributed by atoms with Gasteiger partial charge in [0, 0.05) is 23.3 Å². The van der Waals surface area contributed by atoms with Crippen LogP contribution in [0, 0.1) is 5.92 Å². The predicted octanol–water partition coefficient (Wildman–Crippen LogP) is 2.46. The van der Waals surface area contributed by atoms with Crippen LogP contribution in [0.3, 0.4) is 0 Å². The zero-order valence-corrected chi connectivity index (χ0v) is 10.6. The zero-order valence-electron chi connectivity index (χ0n) is 9.77. The molecule has 4 nitrogen and oxygen atoms in total. The first-order chi connectivity index (χ1) is 7.99. The van der Waals surface area contributed by atoms with E-state index >= 15 is 0 Å². The van der Waals surface area contributed by atoms with E-state index in [1.165, 1.54) is 18.7 Å². The lowest BCUT2D eigenvalue weighted by Gasteiger charge is -2.07. The second kappa shape index (κ2) is 6.30. The van der Waals surface area contributed by atoms with Crippen LogP contribution in [0.25, 0.3) is 0 Å². The number of thioether (sulfide) groups is 1. The van der Waals surface area contributed by atoms with Crippen molar-refractivity contribution in [2.24, 2.45) is 5.92 Å². The second-order valence-electron chi connectivity index (χ2n) is 3.76. The van der Waals surface area contributed by atoms with Crippen LogP contribution < -0.4 is 5.32 Å². The highest BCUT2D eigenvalue weighted by molar-refractivity contribution is 7.99. The van der Waals surface area contributed by atoms with E-state index in [0.717, 1.165) is 10.6 Å². The Morgan fingerprint density at radius 2 is 1.94 bits per heavy atom. The van der Waals surface area contributed by atoms with Crippen molar-refractivity contribution in [1.29, 1.82) is 0 Å². The summed E-state index contributed by atoms with van der Waals surface area (Å²) in [6.07, 6.45) is 0. The number of hydrogen-bond acceptors (Lipinski definition) is 3. The molecule has 5 heteroatoms. The minimum absolute atomic E-state index is 0.107. The zero-order chi connectivity index (χ0) is 12.8. The summed E-state index contributed by atoms with van der Waals surface area (Å²) in [5, 5.41) is 11.4. The first kappa shape index (κ1) is 13.6. The largest absolute Gasteiger partial charge is 0.481 e. The molecule has 0 aliphatic carbocycles. The van der Waals surface area contributed by atoms with Gasteiger partial charge in [-0.25, -0.2) is 0 Å². The Hall–Kier alpha value is -1.49. The van der Waals surface area contributed by atoms with Gasteiger partial charge in [-0.3, -0.25) is 9.59 Å². The molecule has 1 unspecified atom stereocenters. The third-order valence-corrected chi connectivity index (χ3v) is 3.37. The number of hydrogen-bond donors (Lipinski definition) is 2. The topological polar surface area (TPSA) is 66.4 Å². The van der Waals surface area contributed by atoms with E-state index in [4.69, 9.17) is 5.11 Å². The van der Waals surface area contributed by atoms with Crippen molar-refractivity contribution in [2.75, 3.05) is 11.1 Å². The molecule has 0 aromatic heterocycles. The summed E-state index contributed by atoms with van der Waals surface area (Å²) in [6.45, 7) is 3.14. The lowest BCUT2D eigenvalue weighted by Crippen LogP contribution is -2.11. The number of carboxylic acids is 1. The lowest BCUT2D eigenvalue weighted by molar-refractivity contribution is -0.140. The van der Waals surface area contributed by atoms with E-state index in [1.807, 2.05) is 12.1 Å². The van der Waals surface area contributed by atoms with E-state index in [0.29, 0.717) is 5.75 Å². The van der Waals surface area contributed by atoms with E-state index in [9.17, 15) is 9.59 Å². The van der Waals surface area contributed by atoms with Crippen molar-refractivity contribution in [2.45, 2.75) is 18.7 Å². The standard InChI is InChI=1S/C12H15NO3S/c1-8(12(15)16)7-17-11-5-3-10(4-6-11)13-9(2)14/h3-6,8H,7H2,1-2H3,(H,13,14)(H,15,16). The quantitative estimate of drug-likeness (QED) is 0.791. The molecule has 0 aliphatic heterocycles. The molecule has 1 aromatic carbocycles. The Kier molecular flexibility index (Phi) is 5.03. The third-order valence-electron chi connectivity index (χ3n) is 2.10. The highest BCUT2D eigenvalue weighted by Gasteiger charge is 2.10.